The predicted octanol–water partition coefficient (Wildman–Crippen LogP) is 4.29. The normalized spacial score (nSPS) is 21.4. The van der Waals surface area contributed by atoms with Crippen LogP contribution in [0.2, 0.25) is 0 Å². The van der Waals surface area contributed by atoms with Crippen LogP contribution in [0.5, 0.6) is 0 Å². The van der Waals surface area contributed by atoms with Gasteiger partial charge in [0.25, 0.3) is 0 Å². The summed E-state index contributed by atoms with van der Waals surface area (Å²) in [5, 5.41) is 4.09. The van der Waals surface area contributed by atoms with Gasteiger partial charge in [0.2, 0.25) is 0 Å². The summed E-state index contributed by atoms with van der Waals surface area (Å²) in [5.41, 5.74) is 0.266. The Morgan fingerprint density at radius 1 is 1.08 bits per heavy atom. The molecule has 1 aliphatic carbocycles. The first kappa shape index (κ1) is 17.9. The van der Waals surface area contributed by atoms with Gasteiger partial charge in [0.05, 0.1) is 12.1 Å². The van der Waals surface area contributed by atoms with Crippen molar-refractivity contribution in [3.8, 4) is 5.82 Å². The maximum Gasteiger partial charge on any atom is 0.459 e. The number of rotatable bonds is 4. The SMILES string of the molecule is COC1CC(n2nc(-n3c(C)ccc3C)cc2C(F)(F)C(F)(F)F)C1. The number of methoxy groups -OCH3 is 1. The van der Waals surface area contributed by atoms with Crippen molar-refractivity contribution in [3.05, 3.63) is 35.3 Å². The Morgan fingerprint density at radius 3 is 2.12 bits per heavy atom. The van der Waals surface area contributed by atoms with E-state index in [2.05, 4.69) is 5.10 Å². The largest absolute Gasteiger partial charge is 0.459 e. The van der Waals surface area contributed by atoms with Gasteiger partial charge in [-0.25, -0.2) is 0 Å². The van der Waals surface area contributed by atoms with E-state index in [9.17, 15) is 22.0 Å². The van der Waals surface area contributed by atoms with Gasteiger partial charge in [0, 0.05) is 24.6 Å². The number of aryl methyl sites for hydroxylation is 2. The van der Waals surface area contributed by atoms with Crippen LogP contribution in [0.4, 0.5) is 22.0 Å². The molecular weight excluding hydrogens is 345 g/mol. The van der Waals surface area contributed by atoms with Gasteiger partial charge in [-0.2, -0.15) is 27.1 Å². The molecule has 1 fully saturated rings. The van der Waals surface area contributed by atoms with Crippen LogP contribution in [0, 0.1) is 13.8 Å². The van der Waals surface area contributed by atoms with E-state index in [0.29, 0.717) is 24.2 Å². The lowest BCUT2D eigenvalue weighted by molar-refractivity contribution is -0.292. The number of nitrogens with zero attached hydrogens (tertiary/aromatic N) is 3. The highest BCUT2D eigenvalue weighted by atomic mass is 19.4. The molecule has 9 heteroatoms. The molecule has 0 saturated heterocycles. The first-order valence-electron chi connectivity index (χ1n) is 7.79. The molecule has 0 unspecified atom stereocenters. The van der Waals surface area contributed by atoms with Gasteiger partial charge in [-0.15, -0.1) is 0 Å². The number of ether oxygens (including phenoxy) is 1. The van der Waals surface area contributed by atoms with Crippen molar-refractivity contribution in [3.63, 3.8) is 0 Å². The molecule has 0 bridgehead atoms. The molecule has 0 amide bonds. The smallest absolute Gasteiger partial charge is 0.381 e. The van der Waals surface area contributed by atoms with E-state index in [0.717, 1.165) is 10.7 Å². The van der Waals surface area contributed by atoms with Crippen LogP contribution in [-0.4, -0.2) is 33.7 Å². The van der Waals surface area contributed by atoms with Crippen molar-refractivity contribution in [2.45, 2.75) is 50.9 Å². The molecular formula is C16H18F5N3O. The summed E-state index contributed by atoms with van der Waals surface area (Å²) in [5.74, 6) is -4.93. The molecule has 25 heavy (non-hydrogen) atoms. The zero-order valence-corrected chi connectivity index (χ0v) is 13.9. The third-order valence-corrected chi connectivity index (χ3v) is 4.65. The van der Waals surface area contributed by atoms with Gasteiger partial charge in [-0.3, -0.25) is 4.68 Å². The molecule has 1 saturated carbocycles. The van der Waals surface area contributed by atoms with E-state index >= 15 is 0 Å². The Hall–Kier alpha value is -1.90. The summed E-state index contributed by atoms with van der Waals surface area (Å²) < 4.78 is 74.3. The number of halogens is 5. The lowest BCUT2D eigenvalue weighted by Gasteiger charge is -2.36. The fraction of sp³-hybridized carbons (Fsp3) is 0.562. The second-order valence-electron chi connectivity index (χ2n) is 6.34. The highest BCUT2D eigenvalue weighted by Gasteiger charge is 2.61. The molecule has 1 aliphatic rings. The molecule has 0 aliphatic heterocycles. The topological polar surface area (TPSA) is 32.0 Å². The highest BCUT2D eigenvalue weighted by Crippen LogP contribution is 2.47. The Labute approximate surface area is 141 Å². The van der Waals surface area contributed by atoms with Crippen LogP contribution in [0.15, 0.2) is 18.2 Å². The number of aromatic nitrogens is 3. The second-order valence-corrected chi connectivity index (χ2v) is 6.34. The fourth-order valence-electron chi connectivity index (χ4n) is 3.11. The molecule has 2 aromatic heterocycles. The van der Waals surface area contributed by atoms with Gasteiger partial charge in [0.15, 0.2) is 5.82 Å². The first-order chi connectivity index (χ1) is 11.6. The predicted molar refractivity (Wildman–Crippen MR) is 80.0 cm³/mol. The Balaban J connectivity index is 2.10. The van der Waals surface area contributed by atoms with Crippen LogP contribution in [-0.2, 0) is 10.7 Å². The minimum Gasteiger partial charge on any atom is -0.381 e. The molecule has 3 rings (SSSR count). The third-order valence-electron chi connectivity index (χ3n) is 4.65. The second kappa shape index (κ2) is 5.82. The summed E-state index contributed by atoms with van der Waals surface area (Å²) in [6.07, 6.45) is -5.14. The summed E-state index contributed by atoms with van der Waals surface area (Å²) in [7, 11) is 1.48. The van der Waals surface area contributed by atoms with E-state index in [-0.39, 0.29) is 11.9 Å². The molecule has 0 atom stereocenters. The molecule has 0 radical (unpaired) electrons. The van der Waals surface area contributed by atoms with Gasteiger partial charge in [-0.05, 0) is 38.8 Å². The minimum absolute atomic E-state index is 0.0554. The van der Waals surface area contributed by atoms with Gasteiger partial charge < -0.3 is 9.30 Å². The molecule has 0 aromatic carbocycles. The van der Waals surface area contributed by atoms with Gasteiger partial charge in [-0.1, -0.05) is 0 Å². The van der Waals surface area contributed by atoms with E-state index in [1.807, 2.05) is 0 Å². The first-order valence-corrected chi connectivity index (χ1v) is 7.79. The van der Waals surface area contributed by atoms with E-state index in [1.165, 1.54) is 7.11 Å². The maximum atomic E-state index is 14.1. The monoisotopic (exact) mass is 363 g/mol. The van der Waals surface area contributed by atoms with E-state index in [4.69, 9.17) is 4.74 Å². The molecule has 4 nitrogen and oxygen atoms in total. The summed E-state index contributed by atoms with van der Waals surface area (Å²) >= 11 is 0. The van der Waals surface area contributed by atoms with Crippen LogP contribution in [0.1, 0.15) is 36.0 Å². The number of hydrogen-bond acceptors (Lipinski definition) is 2. The quantitative estimate of drug-likeness (QED) is 0.759. The Morgan fingerprint density at radius 2 is 1.64 bits per heavy atom. The lowest BCUT2D eigenvalue weighted by Crippen LogP contribution is -2.40. The summed E-state index contributed by atoms with van der Waals surface area (Å²) in [6.45, 7) is 3.47. The minimum atomic E-state index is -5.69. The molecule has 0 spiro atoms. The van der Waals surface area contributed by atoms with Crippen LogP contribution < -0.4 is 0 Å². The molecule has 2 aromatic rings. The van der Waals surface area contributed by atoms with Crippen molar-refractivity contribution in [1.82, 2.24) is 14.3 Å². The molecule has 0 N–H and O–H groups in total. The van der Waals surface area contributed by atoms with Crippen molar-refractivity contribution in [1.29, 1.82) is 0 Å². The number of alkyl halides is 5. The average molecular weight is 363 g/mol. The van der Waals surface area contributed by atoms with Crippen molar-refractivity contribution in [2.24, 2.45) is 0 Å². The van der Waals surface area contributed by atoms with Crippen LogP contribution in [0.3, 0.4) is 0 Å². The maximum absolute atomic E-state index is 14.1. The van der Waals surface area contributed by atoms with E-state index in [1.54, 1.807) is 30.5 Å². The van der Waals surface area contributed by atoms with Crippen molar-refractivity contribution < 1.29 is 26.7 Å². The van der Waals surface area contributed by atoms with E-state index < -0.39 is 23.8 Å². The average Bonchev–Trinajstić information content (AvgIpc) is 3.01. The third kappa shape index (κ3) is 2.84. The standard InChI is InChI=1S/C16H18F5N3O/c1-9-4-5-10(2)23(9)14-8-13(15(17,18)16(19,20)21)24(22-14)11-6-12(7-11)25-3/h4-5,8,11-12H,6-7H2,1-3H3. The highest BCUT2D eigenvalue weighted by molar-refractivity contribution is 5.35. The fourth-order valence-corrected chi connectivity index (χ4v) is 3.11. The lowest BCUT2D eigenvalue weighted by atomic mass is 9.89. The van der Waals surface area contributed by atoms with Gasteiger partial charge >= 0.3 is 12.1 Å². The zero-order chi connectivity index (χ0) is 18.6. The molecule has 138 valence electrons. The zero-order valence-electron chi connectivity index (χ0n) is 13.9. The summed E-state index contributed by atoms with van der Waals surface area (Å²) in [4.78, 5) is 0. The van der Waals surface area contributed by atoms with Gasteiger partial charge in [0.1, 0.15) is 5.69 Å². The Bertz CT molecular complexity index is 752. The molecule has 2 heterocycles. The van der Waals surface area contributed by atoms with Crippen LogP contribution >= 0.6 is 0 Å². The number of hydrogen-bond donors (Lipinski definition) is 0. The summed E-state index contributed by atoms with van der Waals surface area (Å²) in [6, 6.07) is 3.78. The van der Waals surface area contributed by atoms with Crippen molar-refractivity contribution in [2.75, 3.05) is 7.11 Å². The Kier molecular flexibility index (Phi) is 4.17. The van der Waals surface area contributed by atoms with Crippen LogP contribution in [0.25, 0.3) is 5.82 Å². The van der Waals surface area contributed by atoms with Crippen molar-refractivity contribution >= 4 is 0 Å².